The number of thiophene rings is 2. The van der Waals surface area contributed by atoms with Gasteiger partial charge in [0.2, 0.25) is 5.91 Å². The number of amides is 1. The van der Waals surface area contributed by atoms with Gasteiger partial charge in [-0.2, -0.15) is 0 Å². The van der Waals surface area contributed by atoms with Crippen molar-refractivity contribution < 1.29 is 9.53 Å². The highest BCUT2D eigenvalue weighted by Gasteiger charge is 2.19. The Bertz CT molecular complexity index is 1020. The molecule has 4 heterocycles. The van der Waals surface area contributed by atoms with Crippen LogP contribution in [0.1, 0.15) is 19.8 Å². The summed E-state index contributed by atoms with van der Waals surface area (Å²) in [4.78, 5) is 31.8. The molecule has 1 fully saturated rings. The smallest absolute Gasteiger partial charge is 0.263 e. The first-order valence-electron chi connectivity index (χ1n) is 9.24. The molecule has 1 unspecified atom stereocenters. The molecule has 3 aromatic rings. The van der Waals surface area contributed by atoms with Gasteiger partial charge in [0.05, 0.1) is 17.2 Å². The Morgan fingerprint density at radius 2 is 2.36 bits per heavy atom. The number of rotatable bonds is 7. The molecule has 28 heavy (non-hydrogen) atoms. The Hall–Kier alpha value is -1.68. The third-order valence-electron chi connectivity index (χ3n) is 4.64. The lowest BCUT2D eigenvalue weighted by Gasteiger charge is -2.12. The number of nitrogens with one attached hydrogen (secondary N) is 1. The summed E-state index contributed by atoms with van der Waals surface area (Å²) >= 11 is 4.39. The van der Waals surface area contributed by atoms with Crippen molar-refractivity contribution in [2.75, 3.05) is 18.9 Å². The predicted molar refractivity (Wildman–Crippen MR) is 116 cm³/mol. The molecule has 9 heteroatoms. The standard InChI is InChI=1S/C19H21N3O3S3/c1-2-22-18(24)16-13(14-6-4-8-26-14)10-27-17(16)21-19(22)28-11-15(23)20-9-12-5-3-7-25-12/h4,6,8,10,12H,2-3,5,7,9,11H2,1H3,(H,20,23). The van der Waals surface area contributed by atoms with Crippen molar-refractivity contribution in [2.24, 2.45) is 0 Å². The highest BCUT2D eigenvalue weighted by atomic mass is 32.2. The Morgan fingerprint density at radius 1 is 1.46 bits per heavy atom. The zero-order valence-electron chi connectivity index (χ0n) is 15.5. The van der Waals surface area contributed by atoms with E-state index in [-0.39, 0.29) is 23.3 Å². The van der Waals surface area contributed by atoms with Crippen LogP contribution in [0.15, 0.2) is 32.8 Å². The number of nitrogens with zero attached hydrogens (tertiary/aromatic N) is 2. The van der Waals surface area contributed by atoms with Crippen molar-refractivity contribution in [3.05, 3.63) is 33.2 Å². The van der Waals surface area contributed by atoms with Gasteiger partial charge in [0.1, 0.15) is 4.83 Å². The SMILES string of the molecule is CCn1c(SCC(=O)NCC2CCCO2)nc2scc(-c3cccs3)c2c1=O. The topological polar surface area (TPSA) is 73.2 Å². The molecule has 1 saturated heterocycles. The maximum atomic E-state index is 13.1. The third kappa shape index (κ3) is 4.03. The summed E-state index contributed by atoms with van der Waals surface area (Å²) in [7, 11) is 0. The molecule has 0 aliphatic carbocycles. The second-order valence-electron chi connectivity index (χ2n) is 6.48. The molecule has 0 bridgehead atoms. The second kappa shape index (κ2) is 8.77. The number of fused-ring (bicyclic) bond motifs is 1. The molecule has 1 aliphatic rings. The summed E-state index contributed by atoms with van der Waals surface area (Å²) in [6.45, 7) is 3.76. The van der Waals surface area contributed by atoms with E-state index in [1.807, 2.05) is 29.8 Å². The molecular weight excluding hydrogens is 414 g/mol. The third-order valence-corrected chi connectivity index (χ3v) is 7.40. The van der Waals surface area contributed by atoms with Gasteiger partial charge in [-0.1, -0.05) is 17.8 Å². The average molecular weight is 436 g/mol. The van der Waals surface area contributed by atoms with Crippen LogP contribution in [0.5, 0.6) is 0 Å². The van der Waals surface area contributed by atoms with E-state index in [0.29, 0.717) is 23.6 Å². The van der Waals surface area contributed by atoms with Crippen molar-refractivity contribution in [3.63, 3.8) is 0 Å². The van der Waals surface area contributed by atoms with E-state index < -0.39 is 0 Å². The molecular formula is C19H21N3O3S3. The molecule has 0 radical (unpaired) electrons. The summed E-state index contributed by atoms with van der Waals surface area (Å²) in [5.74, 6) is 0.163. The molecule has 3 aromatic heterocycles. The fourth-order valence-electron chi connectivity index (χ4n) is 3.22. The van der Waals surface area contributed by atoms with E-state index in [1.54, 1.807) is 15.9 Å². The molecule has 1 aliphatic heterocycles. The summed E-state index contributed by atoms with van der Waals surface area (Å²) in [5, 5.41) is 8.17. The van der Waals surface area contributed by atoms with Gasteiger partial charge in [0, 0.05) is 35.5 Å². The number of aromatic nitrogens is 2. The van der Waals surface area contributed by atoms with Crippen LogP contribution in [-0.4, -0.2) is 40.5 Å². The first-order valence-corrected chi connectivity index (χ1v) is 12.0. The largest absolute Gasteiger partial charge is 0.376 e. The lowest BCUT2D eigenvalue weighted by Crippen LogP contribution is -2.33. The Labute approximate surface area is 174 Å². The minimum absolute atomic E-state index is 0.0422. The van der Waals surface area contributed by atoms with E-state index in [0.717, 1.165) is 34.7 Å². The van der Waals surface area contributed by atoms with Crippen molar-refractivity contribution in [1.82, 2.24) is 14.9 Å². The number of carbonyl (C=O) groups excluding carboxylic acids is 1. The highest BCUT2D eigenvalue weighted by Crippen LogP contribution is 2.34. The van der Waals surface area contributed by atoms with Gasteiger partial charge in [0.25, 0.3) is 5.56 Å². The van der Waals surface area contributed by atoms with Crippen molar-refractivity contribution in [1.29, 1.82) is 0 Å². The molecule has 0 spiro atoms. The van der Waals surface area contributed by atoms with Crippen LogP contribution < -0.4 is 10.9 Å². The first kappa shape index (κ1) is 19.6. The van der Waals surface area contributed by atoms with Gasteiger partial charge in [-0.25, -0.2) is 4.98 Å². The van der Waals surface area contributed by atoms with E-state index in [4.69, 9.17) is 9.72 Å². The van der Waals surface area contributed by atoms with E-state index in [1.165, 1.54) is 23.1 Å². The lowest BCUT2D eigenvalue weighted by atomic mass is 10.2. The summed E-state index contributed by atoms with van der Waals surface area (Å²) in [5.41, 5.74) is 0.903. The molecule has 6 nitrogen and oxygen atoms in total. The molecule has 1 amide bonds. The van der Waals surface area contributed by atoms with E-state index in [9.17, 15) is 9.59 Å². The Balaban J connectivity index is 1.52. The molecule has 0 saturated carbocycles. The van der Waals surface area contributed by atoms with Crippen LogP contribution in [0.25, 0.3) is 20.7 Å². The van der Waals surface area contributed by atoms with Crippen molar-refractivity contribution in [2.45, 2.75) is 37.6 Å². The van der Waals surface area contributed by atoms with Crippen LogP contribution in [0.2, 0.25) is 0 Å². The fourth-order valence-corrected chi connectivity index (χ4v) is 5.92. The van der Waals surface area contributed by atoms with Gasteiger partial charge in [-0.15, -0.1) is 22.7 Å². The quantitative estimate of drug-likeness (QED) is 0.453. The van der Waals surface area contributed by atoms with E-state index in [2.05, 4.69) is 5.32 Å². The highest BCUT2D eigenvalue weighted by molar-refractivity contribution is 7.99. The van der Waals surface area contributed by atoms with Gasteiger partial charge >= 0.3 is 0 Å². The fraction of sp³-hybridized carbons (Fsp3) is 0.421. The summed E-state index contributed by atoms with van der Waals surface area (Å²) < 4.78 is 7.18. The maximum absolute atomic E-state index is 13.1. The van der Waals surface area contributed by atoms with Crippen LogP contribution in [0.3, 0.4) is 0 Å². The number of ether oxygens (including phenoxy) is 1. The summed E-state index contributed by atoms with van der Waals surface area (Å²) in [6, 6.07) is 4.00. The monoisotopic (exact) mass is 435 g/mol. The van der Waals surface area contributed by atoms with Crippen molar-refractivity contribution >= 4 is 50.6 Å². The minimum Gasteiger partial charge on any atom is -0.376 e. The number of carbonyl (C=O) groups is 1. The number of hydrogen-bond acceptors (Lipinski definition) is 7. The van der Waals surface area contributed by atoms with Gasteiger partial charge in [-0.3, -0.25) is 14.2 Å². The van der Waals surface area contributed by atoms with Crippen LogP contribution >= 0.6 is 34.4 Å². The van der Waals surface area contributed by atoms with E-state index >= 15 is 0 Å². The van der Waals surface area contributed by atoms with Crippen LogP contribution in [0.4, 0.5) is 0 Å². The average Bonchev–Trinajstić information content (AvgIpc) is 3.45. The van der Waals surface area contributed by atoms with Crippen LogP contribution in [-0.2, 0) is 16.1 Å². The van der Waals surface area contributed by atoms with Crippen molar-refractivity contribution in [3.8, 4) is 10.4 Å². The first-order chi connectivity index (χ1) is 13.7. The minimum atomic E-state index is -0.0667. The molecule has 1 atom stereocenters. The lowest BCUT2D eigenvalue weighted by molar-refractivity contribution is -0.119. The molecule has 1 N–H and O–H groups in total. The van der Waals surface area contributed by atoms with Crippen LogP contribution in [0, 0.1) is 0 Å². The van der Waals surface area contributed by atoms with Gasteiger partial charge in [0.15, 0.2) is 5.16 Å². The van der Waals surface area contributed by atoms with Gasteiger partial charge in [-0.05, 0) is 31.2 Å². The summed E-state index contributed by atoms with van der Waals surface area (Å²) in [6.07, 6.45) is 2.17. The Morgan fingerprint density at radius 3 is 3.07 bits per heavy atom. The zero-order chi connectivity index (χ0) is 19.5. The molecule has 0 aromatic carbocycles. The molecule has 4 rings (SSSR count). The zero-order valence-corrected chi connectivity index (χ0v) is 17.9. The second-order valence-corrected chi connectivity index (χ2v) is 9.23. The molecule has 148 valence electrons. The predicted octanol–water partition coefficient (Wildman–Crippen LogP) is 3.59. The number of hydrogen-bond donors (Lipinski definition) is 1. The normalized spacial score (nSPS) is 16.7. The maximum Gasteiger partial charge on any atom is 0.263 e. The Kier molecular flexibility index (Phi) is 6.15. The van der Waals surface area contributed by atoms with Gasteiger partial charge < -0.3 is 10.1 Å². The number of thioether (sulfide) groups is 1.